The number of nitrogens with zero attached hydrogens (tertiary/aromatic N) is 4. The van der Waals surface area contributed by atoms with Crippen LogP contribution in [0.1, 0.15) is 5.56 Å². The highest BCUT2D eigenvalue weighted by atomic mass is 32.2. The molecule has 1 N–H and O–H groups in total. The first-order valence-electron chi connectivity index (χ1n) is 9.21. The third-order valence-corrected chi connectivity index (χ3v) is 6.29. The summed E-state index contributed by atoms with van der Waals surface area (Å²) in [6.07, 6.45) is 0. The van der Waals surface area contributed by atoms with Crippen LogP contribution in [-0.2, 0) is 11.8 Å². The van der Waals surface area contributed by atoms with Gasteiger partial charge < -0.3 is 9.88 Å². The molecule has 0 bridgehead atoms. The molecule has 0 unspecified atom stereocenters. The van der Waals surface area contributed by atoms with Crippen LogP contribution in [0.25, 0.3) is 22.6 Å². The van der Waals surface area contributed by atoms with E-state index in [1.54, 1.807) is 5.38 Å². The van der Waals surface area contributed by atoms with Gasteiger partial charge in [-0.15, -0.1) is 21.5 Å². The number of aromatic nitrogens is 4. The normalized spacial score (nSPS) is 11.0. The minimum absolute atomic E-state index is 0.0499. The van der Waals surface area contributed by atoms with E-state index >= 15 is 0 Å². The number of benzene rings is 2. The number of carbonyl (C=O) groups is 1. The summed E-state index contributed by atoms with van der Waals surface area (Å²) < 4.78 is 29.2. The van der Waals surface area contributed by atoms with E-state index in [9.17, 15) is 13.6 Å². The van der Waals surface area contributed by atoms with Crippen molar-refractivity contribution < 1.29 is 13.6 Å². The van der Waals surface area contributed by atoms with Gasteiger partial charge in [-0.05, 0) is 30.7 Å². The monoisotopic (exact) mass is 457 g/mol. The van der Waals surface area contributed by atoms with E-state index in [1.165, 1.54) is 11.8 Å². The van der Waals surface area contributed by atoms with Gasteiger partial charge in [-0.25, -0.2) is 13.8 Å². The predicted molar refractivity (Wildman–Crippen MR) is 118 cm³/mol. The molecule has 158 valence electrons. The average molecular weight is 458 g/mol. The lowest BCUT2D eigenvalue weighted by atomic mass is 10.1. The van der Waals surface area contributed by atoms with Gasteiger partial charge in [0.15, 0.2) is 16.1 Å². The zero-order chi connectivity index (χ0) is 22.0. The Bertz CT molecular complexity index is 1250. The second-order valence-electron chi connectivity index (χ2n) is 6.68. The molecule has 10 heteroatoms. The summed E-state index contributed by atoms with van der Waals surface area (Å²) in [4.78, 5) is 16.5. The summed E-state index contributed by atoms with van der Waals surface area (Å²) in [5.41, 5.74) is 2.38. The van der Waals surface area contributed by atoms with Gasteiger partial charge in [0.1, 0.15) is 11.6 Å². The number of nitrogens with one attached hydrogen (secondary N) is 1. The highest BCUT2D eigenvalue weighted by molar-refractivity contribution is 7.99. The van der Waals surface area contributed by atoms with Gasteiger partial charge >= 0.3 is 0 Å². The minimum atomic E-state index is -0.577. The smallest absolute Gasteiger partial charge is 0.236 e. The van der Waals surface area contributed by atoms with E-state index in [0.29, 0.717) is 10.3 Å². The molecule has 4 aromatic rings. The van der Waals surface area contributed by atoms with E-state index in [4.69, 9.17) is 0 Å². The van der Waals surface area contributed by atoms with E-state index in [-0.39, 0.29) is 22.9 Å². The second-order valence-corrected chi connectivity index (χ2v) is 8.48. The fraction of sp³-hybridized carbons (Fsp3) is 0.143. The molecule has 4 rings (SSSR count). The molecule has 0 spiro atoms. The average Bonchev–Trinajstić information content (AvgIpc) is 3.35. The molecule has 31 heavy (non-hydrogen) atoms. The van der Waals surface area contributed by atoms with Crippen LogP contribution in [0.5, 0.6) is 0 Å². The Morgan fingerprint density at radius 3 is 2.77 bits per heavy atom. The standard InChI is InChI=1S/C21H17F2N5OS2/c1-12-5-3-4-6-14(12)19-26-27-21(28(19)2)31-11-18(29)25-20-24-17(10-30-20)15-9-13(22)7-8-16(15)23/h3-10H,11H2,1-2H3,(H,24,25,29). The molecule has 2 aromatic heterocycles. The molecule has 0 saturated heterocycles. The largest absolute Gasteiger partial charge is 0.305 e. The van der Waals surface area contributed by atoms with Gasteiger partial charge in [0.05, 0.1) is 11.4 Å². The van der Waals surface area contributed by atoms with Gasteiger partial charge in [-0.3, -0.25) is 4.79 Å². The summed E-state index contributed by atoms with van der Waals surface area (Å²) in [6.45, 7) is 2.00. The van der Waals surface area contributed by atoms with Crippen LogP contribution in [0.15, 0.2) is 53.0 Å². The maximum Gasteiger partial charge on any atom is 0.236 e. The Labute approximate surface area is 185 Å². The zero-order valence-corrected chi connectivity index (χ0v) is 18.2. The van der Waals surface area contributed by atoms with Crippen LogP contribution < -0.4 is 5.32 Å². The Kier molecular flexibility index (Phi) is 6.10. The van der Waals surface area contributed by atoms with Crippen LogP contribution in [0.4, 0.5) is 13.9 Å². The van der Waals surface area contributed by atoms with Crippen molar-refractivity contribution >= 4 is 34.1 Å². The lowest BCUT2D eigenvalue weighted by Gasteiger charge is -2.06. The maximum absolute atomic E-state index is 13.9. The second kappa shape index (κ2) is 8.94. The molecule has 0 saturated carbocycles. The van der Waals surface area contributed by atoms with Crippen molar-refractivity contribution in [3.05, 3.63) is 65.0 Å². The molecular weight excluding hydrogens is 440 g/mol. The van der Waals surface area contributed by atoms with Crippen LogP contribution in [-0.4, -0.2) is 31.4 Å². The summed E-state index contributed by atoms with van der Waals surface area (Å²) >= 11 is 2.39. The summed E-state index contributed by atoms with van der Waals surface area (Å²) in [5, 5.41) is 13.6. The molecule has 0 atom stereocenters. The molecule has 0 aliphatic carbocycles. The number of rotatable bonds is 6. The number of thiazole rings is 1. The molecule has 0 aliphatic heterocycles. The molecule has 0 fully saturated rings. The van der Waals surface area contributed by atoms with Crippen LogP contribution in [0, 0.1) is 18.6 Å². The van der Waals surface area contributed by atoms with Crippen LogP contribution >= 0.6 is 23.1 Å². The SMILES string of the molecule is Cc1ccccc1-c1nnc(SCC(=O)Nc2nc(-c3cc(F)ccc3F)cs2)n1C. The number of hydrogen-bond acceptors (Lipinski definition) is 6. The topological polar surface area (TPSA) is 72.7 Å². The zero-order valence-electron chi connectivity index (χ0n) is 16.6. The summed E-state index contributed by atoms with van der Waals surface area (Å²) in [6, 6.07) is 11.0. The molecule has 0 radical (unpaired) electrons. The van der Waals surface area contributed by atoms with Gasteiger partial charge in [0.25, 0.3) is 0 Å². The van der Waals surface area contributed by atoms with Crippen LogP contribution in [0.2, 0.25) is 0 Å². The van der Waals surface area contributed by atoms with Gasteiger partial charge in [0.2, 0.25) is 5.91 Å². The van der Waals surface area contributed by atoms with E-state index in [1.807, 2.05) is 42.8 Å². The van der Waals surface area contributed by atoms with Crippen molar-refractivity contribution in [1.82, 2.24) is 19.7 Å². The van der Waals surface area contributed by atoms with E-state index in [0.717, 1.165) is 46.5 Å². The minimum Gasteiger partial charge on any atom is -0.305 e. The number of aryl methyl sites for hydroxylation is 1. The lowest BCUT2D eigenvalue weighted by molar-refractivity contribution is -0.113. The Balaban J connectivity index is 1.40. The first-order chi connectivity index (χ1) is 14.9. The number of carbonyl (C=O) groups excluding carboxylic acids is 1. The van der Waals surface area contributed by atoms with Crippen molar-refractivity contribution in [2.45, 2.75) is 12.1 Å². The fourth-order valence-corrected chi connectivity index (χ4v) is 4.37. The van der Waals surface area contributed by atoms with Crippen LogP contribution in [0.3, 0.4) is 0 Å². The van der Waals surface area contributed by atoms with Crippen molar-refractivity contribution in [2.24, 2.45) is 7.05 Å². The number of anilines is 1. The number of thioether (sulfide) groups is 1. The quantitative estimate of drug-likeness (QED) is 0.416. The maximum atomic E-state index is 13.9. The van der Waals surface area contributed by atoms with Crippen molar-refractivity contribution in [1.29, 1.82) is 0 Å². The highest BCUT2D eigenvalue weighted by Gasteiger charge is 2.16. The molecule has 0 aliphatic rings. The summed E-state index contributed by atoms with van der Waals surface area (Å²) in [7, 11) is 1.85. The van der Waals surface area contributed by atoms with Crippen molar-refractivity contribution in [3.63, 3.8) is 0 Å². The Morgan fingerprint density at radius 2 is 1.97 bits per heavy atom. The highest BCUT2D eigenvalue weighted by Crippen LogP contribution is 2.28. The number of halogens is 2. The number of amides is 1. The Hall–Kier alpha value is -3.11. The molecule has 2 aromatic carbocycles. The molecular formula is C21H17F2N5OS2. The van der Waals surface area contributed by atoms with Crippen molar-refractivity contribution in [2.75, 3.05) is 11.1 Å². The molecule has 1 amide bonds. The third kappa shape index (κ3) is 4.64. The van der Waals surface area contributed by atoms with E-state index in [2.05, 4.69) is 20.5 Å². The number of hydrogen-bond donors (Lipinski definition) is 1. The molecule has 6 nitrogen and oxygen atoms in total. The fourth-order valence-electron chi connectivity index (χ4n) is 2.93. The van der Waals surface area contributed by atoms with E-state index < -0.39 is 11.6 Å². The third-order valence-electron chi connectivity index (χ3n) is 4.51. The van der Waals surface area contributed by atoms with Gasteiger partial charge in [-0.1, -0.05) is 36.0 Å². The predicted octanol–water partition coefficient (Wildman–Crippen LogP) is 4.92. The Morgan fingerprint density at radius 1 is 1.16 bits per heavy atom. The van der Waals surface area contributed by atoms with Crippen molar-refractivity contribution in [3.8, 4) is 22.6 Å². The first-order valence-corrected chi connectivity index (χ1v) is 11.1. The molecule has 2 heterocycles. The van der Waals surface area contributed by atoms with Gasteiger partial charge in [0, 0.05) is 23.6 Å². The lowest BCUT2D eigenvalue weighted by Crippen LogP contribution is -2.14. The van der Waals surface area contributed by atoms with Gasteiger partial charge in [-0.2, -0.15) is 0 Å². The first kappa shape index (κ1) is 21.1. The summed E-state index contributed by atoms with van der Waals surface area (Å²) in [5.74, 6) is -0.594.